The molecule has 4 heterocycles. The van der Waals surface area contributed by atoms with Gasteiger partial charge in [0.1, 0.15) is 22.1 Å². The molecule has 0 spiro atoms. The second-order valence-corrected chi connectivity index (χ2v) is 9.21. The van der Waals surface area contributed by atoms with Gasteiger partial charge >= 0.3 is 6.18 Å². The monoisotopic (exact) mass is 517 g/mol. The number of pyridine rings is 1. The highest BCUT2D eigenvalue weighted by atomic mass is 32.1. The van der Waals surface area contributed by atoms with Crippen LogP contribution >= 0.6 is 11.3 Å². The number of carbonyl (C=O) groups is 1. The molecule has 0 atom stereocenters. The molecular formula is C23H22F3N7O2S. The van der Waals surface area contributed by atoms with Crippen molar-refractivity contribution < 1.29 is 22.7 Å². The lowest BCUT2D eigenvalue weighted by Crippen LogP contribution is -2.33. The summed E-state index contributed by atoms with van der Waals surface area (Å²) in [5, 5.41) is 16.3. The van der Waals surface area contributed by atoms with Crippen LogP contribution in [0.25, 0.3) is 22.0 Å². The van der Waals surface area contributed by atoms with Crippen molar-refractivity contribution in [1.82, 2.24) is 29.9 Å². The van der Waals surface area contributed by atoms with Crippen molar-refractivity contribution in [2.45, 2.75) is 45.0 Å². The molecule has 0 unspecified atom stereocenters. The molecule has 1 fully saturated rings. The lowest BCUT2D eigenvalue weighted by Gasteiger charge is -2.34. The van der Waals surface area contributed by atoms with Gasteiger partial charge in [-0.2, -0.15) is 23.4 Å². The molecule has 5 rings (SSSR count). The fourth-order valence-electron chi connectivity index (χ4n) is 3.97. The maximum atomic E-state index is 13.3. The smallest absolute Gasteiger partial charge is 0.378 e. The van der Waals surface area contributed by atoms with Crippen LogP contribution in [-0.4, -0.2) is 48.6 Å². The quantitative estimate of drug-likeness (QED) is 0.352. The van der Waals surface area contributed by atoms with E-state index in [0.29, 0.717) is 11.6 Å². The maximum Gasteiger partial charge on any atom is 0.433 e. The van der Waals surface area contributed by atoms with E-state index in [1.54, 1.807) is 22.5 Å². The summed E-state index contributed by atoms with van der Waals surface area (Å²) in [6.45, 7) is 4.35. The molecule has 1 amide bonds. The third kappa shape index (κ3) is 4.75. The Morgan fingerprint density at radius 2 is 2.11 bits per heavy atom. The van der Waals surface area contributed by atoms with Gasteiger partial charge in [0.15, 0.2) is 0 Å². The third-order valence-corrected chi connectivity index (χ3v) is 6.78. The van der Waals surface area contributed by atoms with Crippen LogP contribution in [-0.2, 0) is 10.9 Å². The van der Waals surface area contributed by atoms with Gasteiger partial charge in [0.2, 0.25) is 0 Å². The van der Waals surface area contributed by atoms with Crippen LogP contribution in [0.5, 0.6) is 0 Å². The fraction of sp³-hybridized carbons (Fsp3) is 0.348. The van der Waals surface area contributed by atoms with E-state index in [1.807, 2.05) is 13.8 Å². The van der Waals surface area contributed by atoms with Crippen LogP contribution in [0.1, 0.15) is 47.7 Å². The number of aromatic nitrogens is 6. The van der Waals surface area contributed by atoms with Gasteiger partial charge in [0.05, 0.1) is 34.8 Å². The molecule has 13 heteroatoms. The summed E-state index contributed by atoms with van der Waals surface area (Å²) in [6, 6.07) is 3.60. The highest BCUT2D eigenvalue weighted by Gasteiger charge is 2.35. The van der Waals surface area contributed by atoms with Crippen LogP contribution in [0.4, 0.5) is 18.9 Å². The molecular weight excluding hydrogens is 495 g/mol. The summed E-state index contributed by atoms with van der Waals surface area (Å²) in [4.78, 5) is 21.2. The van der Waals surface area contributed by atoms with E-state index >= 15 is 0 Å². The number of rotatable bonds is 7. The van der Waals surface area contributed by atoms with Gasteiger partial charge in [0.25, 0.3) is 5.91 Å². The number of halogens is 3. The zero-order chi connectivity index (χ0) is 25.4. The van der Waals surface area contributed by atoms with E-state index in [-0.39, 0.29) is 34.9 Å². The van der Waals surface area contributed by atoms with Crippen LogP contribution < -0.4 is 5.32 Å². The number of thiazole rings is 1. The molecule has 0 aliphatic heterocycles. The van der Waals surface area contributed by atoms with Gasteiger partial charge in [0, 0.05) is 24.4 Å². The SMILES string of the molecule is CCO[C@H]1C[C@@H](n2cc(NC(=O)c3csc(-c4c[nH]nc4C)n3)c(-c3cccc(C(F)(F)F)n3)n2)C1. The largest absolute Gasteiger partial charge is 0.433 e. The predicted octanol–water partition coefficient (Wildman–Crippen LogP) is 5.11. The van der Waals surface area contributed by atoms with Crippen LogP contribution in [0, 0.1) is 6.92 Å². The first-order chi connectivity index (χ1) is 17.2. The Bertz CT molecular complexity index is 1390. The predicted molar refractivity (Wildman–Crippen MR) is 127 cm³/mol. The Morgan fingerprint density at radius 1 is 1.31 bits per heavy atom. The first kappa shape index (κ1) is 24.1. The van der Waals surface area contributed by atoms with E-state index < -0.39 is 17.8 Å². The van der Waals surface area contributed by atoms with Crippen LogP contribution in [0.2, 0.25) is 0 Å². The minimum Gasteiger partial charge on any atom is -0.378 e. The number of H-pyrrole nitrogens is 1. The second-order valence-electron chi connectivity index (χ2n) is 8.36. The van der Waals surface area contributed by atoms with E-state index in [9.17, 15) is 18.0 Å². The van der Waals surface area contributed by atoms with Crippen molar-refractivity contribution in [2.75, 3.05) is 11.9 Å². The van der Waals surface area contributed by atoms with Gasteiger partial charge in [-0.15, -0.1) is 11.3 Å². The number of ether oxygens (including phenoxy) is 1. The summed E-state index contributed by atoms with van der Waals surface area (Å²) in [7, 11) is 0. The van der Waals surface area contributed by atoms with Gasteiger partial charge in [-0.3, -0.25) is 14.6 Å². The lowest BCUT2D eigenvalue weighted by atomic mass is 9.89. The molecule has 188 valence electrons. The molecule has 4 aromatic heterocycles. The number of carbonyl (C=O) groups excluding carboxylic acids is 1. The molecule has 4 aromatic rings. The second kappa shape index (κ2) is 9.47. The first-order valence-electron chi connectivity index (χ1n) is 11.3. The van der Waals surface area contributed by atoms with Gasteiger partial charge in [-0.1, -0.05) is 6.07 Å². The molecule has 9 nitrogen and oxygen atoms in total. The molecule has 1 aliphatic rings. The van der Waals surface area contributed by atoms with Crippen molar-refractivity contribution in [2.24, 2.45) is 0 Å². The number of hydrogen-bond donors (Lipinski definition) is 2. The maximum absolute atomic E-state index is 13.3. The van der Waals surface area contributed by atoms with Crippen molar-refractivity contribution in [3.8, 4) is 22.0 Å². The van der Waals surface area contributed by atoms with E-state index in [0.717, 1.165) is 30.2 Å². The van der Waals surface area contributed by atoms with Crippen molar-refractivity contribution in [3.63, 3.8) is 0 Å². The Morgan fingerprint density at radius 3 is 2.81 bits per heavy atom. The van der Waals surface area contributed by atoms with Crippen molar-refractivity contribution in [1.29, 1.82) is 0 Å². The number of anilines is 1. The van der Waals surface area contributed by atoms with Gasteiger partial charge < -0.3 is 10.1 Å². The summed E-state index contributed by atoms with van der Waals surface area (Å²) in [6.07, 6.45) is 0.261. The Balaban J connectivity index is 1.44. The summed E-state index contributed by atoms with van der Waals surface area (Å²) < 4.78 is 47.1. The normalized spacial score (nSPS) is 17.7. The standard InChI is InChI=1S/C23H22F3N7O2S/c1-3-35-14-7-13(8-14)33-10-17(20(32-33)16-5-4-6-19(28-16)23(24,25)26)29-21(34)18-11-36-22(30-18)15-9-27-31-12(15)2/h4-6,9-11,13-14H,3,7-8H2,1-2H3,(H,27,31)(H,29,34)/t13-,14+. The number of hydrogen-bond acceptors (Lipinski definition) is 7. The minimum absolute atomic E-state index is 0.00620. The van der Waals surface area contributed by atoms with Crippen molar-refractivity contribution >= 4 is 22.9 Å². The minimum atomic E-state index is -4.61. The number of alkyl halides is 3. The first-order valence-corrected chi connectivity index (χ1v) is 12.1. The van der Waals surface area contributed by atoms with E-state index in [1.165, 1.54) is 23.5 Å². The van der Waals surface area contributed by atoms with Gasteiger partial charge in [-0.05, 0) is 38.8 Å². The summed E-state index contributed by atoms with van der Waals surface area (Å²) in [5.41, 5.74) is 1.08. The third-order valence-electron chi connectivity index (χ3n) is 5.91. The Kier molecular flexibility index (Phi) is 6.35. The Labute approximate surface area is 207 Å². The molecule has 36 heavy (non-hydrogen) atoms. The van der Waals surface area contributed by atoms with Crippen molar-refractivity contribution in [3.05, 3.63) is 53.1 Å². The molecule has 1 saturated carbocycles. The lowest BCUT2D eigenvalue weighted by molar-refractivity contribution is -0.141. The summed E-state index contributed by atoms with van der Waals surface area (Å²) >= 11 is 1.29. The van der Waals surface area contributed by atoms with Crippen LogP contribution in [0.3, 0.4) is 0 Å². The number of nitrogens with one attached hydrogen (secondary N) is 2. The zero-order valence-electron chi connectivity index (χ0n) is 19.3. The number of amides is 1. The number of aromatic amines is 1. The molecule has 1 aliphatic carbocycles. The molecule has 2 N–H and O–H groups in total. The zero-order valence-corrected chi connectivity index (χ0v) is 20.2. The topological polar surface area (TPSA) is 111 Å². The number of aryl methyl sites for hydroxylation is 1. The highest BCUT2D eigenvalue weighted by Crippen LogP contribution is 2.38. The fourth-order valence-corrected chi connectivity index (χ4v) is 4.84. The number of nitrogens with zero attached hydrogens (tertiary/aromatic N) is 5. The molecule has 0 aromatic carbocycles. The highest BCUT2D eigenvalue weighted by molar-refractivity contribution is 7.13. The average Bonchev–Trinajstić information content (AvgIpc) is 3.55. The molecule has 0 bridgehead atoms. The Hall–Kier alpha value is -3.58. The summed E-state index contributed by atoms with van der Waals surface area (Å²) in [5.74, 6) is -0.507. The molecule has 0 saturated heterocycles. The average molecular weight is 518 g/mol. The van der Waals surface area contributed by atoms with E-state index in [4.69, 9.17) is 4.74 Å². The van der Waals surface area contributed by atoms with Crippen LogP contribution in [0.15, 0.2) is 36.0 Å². The van der Waals surface area contributed by atoms with E-state index in [2.05, 4.69) is 30.6 Å². The molecule has 0 radical (unpaired) electrons. The van der Waals surface area contributed by atoms with Gasteiger partial charge in [-0.25, -0.2) is 9.97 Å².